The van der Waals surface area contributed by atoms with Crippen LogP contribution in [0.2, 0.25) is 0 Å². The van der Waals surface area contributed by atoms with Crippen molar-refractivity contribution in [3.63, 3.8) is 0 Å². The van der Waals surface area contributed by atoms with Gasteiger partial charge in [-0.3, -0.25) is 10.1 Å². The van der Waals surface area contributed by atoms with E-state index in [9.17, 15) is 10.1 Å². The Bertz CT molecular complexity index is 679. The number of non-ortho nitro benzene ring substituents is 1. The summed E-state index contributed by atoms with van der Waals surface area (Å²) in [5.74, 6) is 0. The molecule has 0 aliphatic heterocycles. The summed E-state index contributed by atoms with van der Waals surface area (Å²) in [6, 6.07) is 8.92. The molecule has 0 aromatic heterocycles. The lowest BCUT2D eigenvalue weighted by atomic mass is 10.1. The molecule has 0 aliphatic carbocycles. The first-order chi connectivity index (χ1) is 9.88. The molecule has 2 rings (SSSR count). The van der Waals surface area contributed by atoms with Crippen molar-refractivity contribution in [3.05, 3.63) is 66.1 Å². The fourth-order valence-electron chi connectivity index (χ4n) is 2.17. The van der Waals surface area contributed by atoms with Gasteiger partial charge in [0.2, 0.25) is 0 Å². The van der Waals surface area contributed by atoms with Crippen molar-refractivity contribution in [3.8, 4) is 0 Å². The highest BCUT2D eigenvalue weighted by atomic mass is 79.9. The molecule has 0 saturated carbocycles. The molecule has 4 nitrogen and oxygen atoms in total. The number of nitrogens with one attached hydrogen (secondary N) is 1. The second-order valence-electron chi connectivity index (χ2n) is 4.80. The number of halogens is 2. The Morgan fingerprint density at radius 3 is 2.29 bits per heavy atom. The predicted octanol–water partition coefficient (Wildman–Crippen LogP) is 5.35. The first-order valence-corrected chi connectivity index (χ1v) is 7.90. The van der Waals surface area contributed by atoms with E-state index in [0.717, 1.165) is 31.3 Å². The molecule has 2 aromatic carbocycles. The van der Waals surface area contributed by atoms with E-state index in [1.165, 1.54) is 12.1 Å². The Morgan fingerprint density at radius 1 is 1.14 bits per heavy atom. The molecule has 0 aliphatic rings. The minimum Gasteiger partial charge on any atom is -0.380 e. The molecule has 1 N–H and O–H groups in total. The normalized spacial score (nSPS) is 10.5. The van der Waals surface area contributed by atoms with Gasteiger partial charge in [0.25, 0.3) is 5.69 Å². The number of anilines is 1. The number of nitro benzene ring substituents is 1. The SMILES string of the molecule is Cc1cc(Br)cc(C)c1NCc1ccc([N+](=O)[O-])cc1Br. The highest BCUT2D eigenvalue weighted by Crippen LogP contribution is 2.27. The summed E-state index contributed by atoms with van der Waals surface area (Å²) in [5.41, 5.74) is 4.45. The molecule has 0 bridgehead atoms. The molecule has 0 atom stereocenters. The molecular weight excluding hydrogens is 400 g/mol. The summed E-state index contributed by atoms with van der Waals surface area (Å²) in [6.45, 7) is 4.69. The zero-order valence-corrected chi connectivity index (χ0v) is 14.8. The molecule has 0 spiro atoms. The van der Waals surface area contributed by atoms with Crippen molar-refractivity contribution < 1.29 is 4.92 Å². The monoisotopic (exact) mass is 412 g/mol. The molecule has 0 fully saturated rings. The highest BCUT2D eigenvalue weighted by molar-refractivity contribution is 9.10. The third kappa shape index (κ3) is 3.83. The van der Waals surface area contributed by atoms with Crippen LogP contribution in [0.1, 0.15) is 16.7 Å². The molecule has 21 heavy (non-hydrogen) atoms. The fourth-order valence-corrected chi connectivity index (χ4v) is 3.36. The molecule has 0 unspecified atom stereocenters. The van der Waals surface area contributed by atoms with E-state index in [0.29, 0.717) is 6.54 Å². The second-order valence-corrected chi connectivity index (χ2v) is 6.57. The maximum atomic E-state index is 10.7. The van der Waals surface area contributed by atoms with Crippen molar-refractivity contribution in [2.45, 2.75) is 20.4 Å². The molecule has 0 saturated heterocycles. The quantitative estimate of drug-likeness (QED) is 0.542. The summed E-state index contributed by atoms with van der Waals surface area (Å²) < 4.78 is 1.79. The van der Waals surface area contributed by atoms with Gasteiger partial charge < -0.3 is 5.32 Å². The van der Waals surface area contributed by atoms with E-state index < -0.39 is 4.92 Å². The minimum atomic E-state index is -0.398. The molecule has 0 amide bonds. The smallest absolute Gasteiger partial charge is 0.270 e. The third-order valence-electron chi connectivity index (χ3n) is 3.20. The van der Waals surface area contributed by atoms with E-state index >= 15 is 0 Å². The van der Waals surface area contributed by atoms with Crippen molar-refractivity contribution in [1.82, 2.24) is 0 Å². The number of nitro groups is 1. The Labute approximate surface area is 140 Å². The molecule has 110 valence electrons. The van der Waals surface area contributed by atoms with Gasteiger partial charge >= 0.3 is 0 Å². The van der Waals surface area contributed by atoms with Crippen molar-refractivity contribution in [2.75, 3.05) is 5.32 Å². The number of nitrogens with zero attached hydrogens (tertiary/aromatic N) is 1. The molecule has 6 heteroatoms. The van der Waals surface area contributed by atoms with Gasteiger partial charge in [-0.15, -0.1) is 0 Å². The lowest BCUT2D eigenvalue weighted by molar-refractivity contribution is -0.384. The van der Waals surface area contributed by atoms with Crippen molar-refractivity contribution in [1.29, 1.82) is 0 Å². The van der Waals surface area contributed by atoms with Crippen LogP contribution < -0.4 is 5.32 Å². The number of rotatable bonds is 4. The van der Waals surface area contributed by atoms with E-state index in [4.69, 9.17) is 0 Å². The lowest BCUT2D eigenvalue weighted by Crippen LogP contribution is -2.04. The molecule has 2 aromatic rings. The van der Waals surface area contributed by atoms with E-state index in [1.807, 2.05) is 13.8 Å². The van der Waals surface area contributed by atoms with Gasteiger partial charge in [0, 0.05) is 33.3 Å². The van der Waals surface area contributed by atoms with Gasteiger partial charge in [0.1, 0.15) is 0 Å². The van der Waals surface area contributed by atoms with Gasteiger partial charge in [0.15, 0.2) is 0 Å². The standard InChI is InChI=1S/C15H14Br2N2O2/c1-9-5-12(16)6-10(2)15(9)18-8-11-3-4-13(19(20)21)7-14(11)17/h3-7,18H,8H2,1-2H3. The first kappa shape index (κ1) is 16.0. The first-order valence-electron chi connectivity index (χ1n) is 6.32. The number of benzene rings is 2. The van der Waals surface area contributed by atoms with Gasteiger partial charge in [0.05, 0.1) is 4.92 Å². The van der Waals surface area contributed by atoms with E-state index in [1.54, 1.807) is 6.07 Å². The van der Waals surface area contributed by atoms with Crippen LogP contribution in [-0.2, 0) is 6.54 Å². The minimum absolute atomic E-state index is 0.0848. The predicted molar refractivity (Wildman–Crippen MR) is 91.7 cm³/mol. The van der Waals surface area contributed by atoms with Crippen LogP contribution in [-0.4, -0.2) is 4.92 Å². The van der Waals surface area contributed by atoms with Gasteiger partial charge in [-0.05, 0) is 48.7 Å². The Hall–Kier alpha value is -1.40. The zero-order valence-electron chi connectivity index (χ0n) is 11.6. The zero-order chi connectivity index (χ0) is 15.6. The van der Waals surface area contributed by atoms with Crippen LogP contribution in [0.25, 0.3) is 0 Å². The van der Waals surface area contributed by atoms with Crippen LogP contribution in [0.4, 0.5) is 11.4 Å². The topological polar surface area (TPSA) is 55.2 Å². The fraction of sp³-hybridized carbons (Fsp3) is 0.200. The maximum Gasteiger partial charge on any atom is 0.270 e. The van der Waals surface area contributed by atoms with Gasteiger partial charge in [-0.2, -0.15) is 0 Å². The third-order valence-corrected chi connectivity index (χ3v) is 4.40. The number of aryl methyl sites for hydroxylation is 2. The largest absolute Gasteiger partial charge is 0.380 e. The molecular formula is C15H14Br2N2O2. The average molecular weight is 414 g/mol. The number of hydrogen-bond donors (Lipinski definition) is 1. The van der Waals surface area contributed by atoms with Gasteiger partial charge in [-0.1, -0.05) is 31.9 Å². The lowest BCUT2D eigenvalue weighted by Gasteiger charge is -2.14. The maximum absolute atomic E-state index is 10.7. The van der Waals surface area contributed by atoms with Crippen LogP contribution in [0.3, 0.4) is 0 Å². The molecule has 0 radical (unpaired) electrons. The second kappa shape index (κ2) is 6.58. The summed E-state index contributed by atoms with van der Waals surface area (Å²) in [5, 5.41) is 14.1. The van der Waals surface area contributed by atoms with Crippen LogP contribution in [0, 0.1) is 24.0 Å². The average Bonchev–Trinajstić information content (AvgIpc) is 2.38. The van der Waals surface area contributed by atoms with Crippen LogP contribution in [0.15, 0.2) is 39.3 Å². The van der Waals surface area contributed by atoms with E-state index in [-0.39, 0.29) is 5.69 Å². The summed E-state index contributed by atoms with van der Waals surface area (Å²) in [4.78, 5) is 10.3. The van der Waals surface area contributed by atoms with Crippen molar-refractivity contribution in [2.24, 2.45) is 0 Å². The Kier molecular flexibility index (Phi) is 5.00. The Morgan fingerprint density at radius 2 is 1.76 bits per heavy atom. The van der Waals surface area contributed by atoms with E-state index in [2.05, 4.69) is 49.3 Å². The van der Waals surface area contributed by atoms with Crippen LogP contribution in [0.5, 0.6) is 0 Å². The number of hydrogen-bond acceptors (Lipinski definition) is 3. The summed E-state index contributed by atoms with van der Waals surface area (Å²) >= 11 is 6.86. The highest BCUT2D eigenvalue weighted by Gasteiger charge is 2.10. The van der Waals surface area contributed by atoms with Gasteiger partial charge in [-0.25, -0.2) is 0 Å². The van der Waals surface area contributed by atoms with Crippen LogP contribution >= 0.6 is 31.9 Å². The Balaban J connectivity index is 2.19. The summed E-state index contributed by atoms with van der Waals surface area (Å²) in [6.07, 6.45) is 0. The van der Waals surface area contributed by atoms with Crippen molar-refractivity contribution >= 4 is 43.2 Å². The summed E-state index contributed by atoms with van der Waals surface area (Å²) in [7, 11) is 0. The molecule has 0 heterocycles.